The summed E-state index contributed by atoms with van der Waals surface area (Å²) in [5.41, 5.74) is 2.27. The number of carbonyl (C=O) groups excluding carboxylic acids is 2. The zero-order valence-electron chi connectivity index (χ0n) is 22.8. The number of methoxy groups -OCH3 is 2. The summed E-state index contributed by atoms with van der Waals surface area (Å²) in [6.45, 7) is 6.06. The SMILES string of the molecule is COc1ccc(-c2ccc(N3CCN(C(=O)CN(Cc4ccc(F)cc4)C(=O)C(C)C)CC3)nn2)c(OC)c1. The van der Waals surface area contributed by atoms with Crippen molar-refractivity contribution in [2.45, 2.75) is 20.4 Å². The molecule has 39 heavy (non-hydrogen) atoms. The van der Waals surface area contributed by atoms with Gasteiger partial charge < -0.3 is 24.2 Å². The number of hydrogen-bond donors (Lipinski definition) is 0. The van der Waals surface area contributed by atoms with E-state index in [-0.39, 0.29) is 36.6 Å². The first-order valence-electron chi connectivity index (χ1n) is 12.9. The molecule has 0 radical (unpaired) electrons. The van der Waals surface area contributed by atoms with E-state index in [9.17, 15) is 14.0 Å². The predicted octanol–water partition coefficient (Wildman–Crippen LogP) is 3.63. The fraction of sp³-hybridized carbons (Fsp3) is 0.379. The van der Waals surface area contributed by atoms with Gasteiger partial charge in [0, 0.05) is 50.3 Å². The first-order chi connectivity index (χ1) is 18.8. The van der Waals surface area contributed by atoms with Gasteiger partial charge in [0.2, 0.25) is 11.8 Å². The quantitative estimate of drug-likeness (QED) is 0.414. The van der Waals surface area contributed by atoms with Gasteiger partial charge in [-0.1, -0.05) is 26.0 Å². The van der Waals surface area contributed by atoms with E-state index < -0.39 is 0 Å². The van der Waals surface area contributed by atoms with E-state index in [1.54, 1.807) is 56.1 Å². The lowest BCUT2D eigenvalue weighted by molar-refractivity contribution is -0.143. The number of rotatable bonds is 9. The van der Waals surface area contributed by atoms with Crippen LogP contribution in [0.2, 0.25) is 0 Å². The van der Waals surface area contributed by atoms with Crippen LogP contribution in [0.5, 0.6) is 11.5 Å². The molecule has 206 valence electrons. The molecule has 1 fully saturated rings. The Kier molecular flexibility index (Phi) is 8.96. The van der Waals surface area contributed by atoms with Gasteiger partial charge in [0.15, 0.2) is 5.82 Å². The molecule has 0 unspecified atom stereocenters. The first-order valence-corrected chi connectivity index (χ1v) is 12.9. The standard InChI is InChI=1S/C29H34FN5O4/c1-20(2)29(37)35(18-21-5-7-22(30)8-6-21)19-28(36)34-15-13-33(14-16-34)27-12-11-25(31-32-27)24-10-9-23(38-3)17-26(24)39-4/h5-12,17,20H,13-16,18-19H2,1-4H3. The van der Waals surface area contributed by atoms with Crippen LogP contribution in [0.4, 0.5) is 10.2 Å². The van der Waals surface area contributed by atoms with E-state index >= 15 is 0 Å². The fourth-order valence-electron chi connectivity index (χ4n) is 4.48. The molecule has 0 atom stereocenters. The van der Waals surface area contributed by atoms with Gasteiger partial charge in [-0.2, -0.15) is 0 Å². The van der Waals surface area contributed by atoms with E-state index in [4.69, 9.17) is 9.47 Å². The molecule has 1 saturated heterocycles. The molecular weight excluding hydrogens is 501 g/mol. The molecular formula is C29H34FN5O4. The van der Waals surface area contributed by atoms with Crippen LogP contribution in [0.1, 0.15) is 19.4 Å². The number of amides is 2. The van der Waals surface area contributed by atoms with Crippen molar-refractivity contribution in [3.05, 3.63) is 66.0 Å². The number of benzene rings is 2. The van der Waals surface area contributed by atoms with Crippen LogP contribution < -0.4 is 14.4 Å². The topological polar surface area (TPSA) is 88.1 Å². The van der Waals surface area contributed by atoms with Crippen molar-refractivity contribution in [2.75, 3.05) is 51.8 Å². The van der Waals surface area contributed by atoms with Crippen LogP contribution in [0, 0.1) is 11.7 Å². The highest BCUT2D eigenvalue weighted by Crippen LogP contribution is 2.32. The highest BCUT2D eigenvalue weighted by Gasteiger charge is 2.26. The monoisotopic (exact) mass is 535 g/mol. The zero-order chi connectivity index (χ0) is 27.9. The second kappa shape index (κ2) is 12.6. The number of aromatic nitrogens is 2. The van der Waals surface area contributed by atoms with Gasteiger partial charge in [-0.15, -0.1) is 10.2 Å². The Labute approximate surface area is 228 Å². The minimum absolute atomic E-state index is 0.0212. The molecule has 0 bridgehead atoms. The number of piperazine rings is 1. The highest BCUT2D eigenvalue weighted by atomic mass is 19.1. The molecule has 10 heteroatoms. The Hall–Kier alpha value is -4.21. The lowest BCUT2D eigenvalue weighted by atomic mass is 10.1. The third-order valence-electron chi connectivity index (χ3n) is 6.71. The average molecular weight is 536 g/mol. The van der Waals surface area contributed by atoms with Crippen molar-refractivity contribution in [3.63, 3.8) is 0 Å². The molecule has 9 nitrogen and oxygen atoms in total. The van der Waals surface area contributed by atoms with E-state index in [1.165, 1.54) is 12.1 Å². The number of nitrogens with zero attached hydrogens (tertiary/aromatic N) is 5. The first kappa shape index (κ1) is 27.8. The maximum Gasteiger partial charge on any atom is 0.242 e. The van der Waals surface area contributed by atoms with Crippen molar-refractivity contribution in [2.24, 2.45) is 5.92 Å². The largest absolute Gasteiger partial charge is 0.497 e. The van der Waals surface area contributed by atoms with Crippen molar-refractivity contribution in [3.8, 4) is 22.8 Å². The molecule has 1 aliphatic rings. The van der Waals surface area contributed by atoms with Crippen molar-refractivity contribution >= 4 is 17.6 Å². The second-order valence-corrected chi connectivity index (χ2v) is 9.69. The van der Waals surface area contributed by atoms with Gasteiger partial charge in [-0.05, 0) is 42.0 Å². The Bertz CT molecular complexity index is 1280. The molecule has 0 saturated carbocycles. The maximum absolute atomic E-state index is 13.3. The van der Waals surface area contributed by atoms with Gasteiger partial charge in [-0.25, -0.2) is 4.39 Å². The Balaban J connectivity index is 1.36. The van der Waals surface area contributed by atoms with E-state index in [0.717, 1.165) is 16.9 Å². The van der Waals surface area contributed by atoms with E-state index in [2.05, 4.69) is 15.1 Å². The third kappa shape index (κ3) is 6.81. The summed E-state index contributed by atoms with van der Waals surface area (Å²) in [6, 6.07) is 15.3. The number of anilines is 1. The van der Waals surface area contributed by atoms with Gasteiger partial charge in [0.25, 0.3) is 0 Å². The summed E-state index contributed by atoms with van der Waals surface area (Å²) in [4.78, 5) is 31.4. The maximum atomic E-state index is 13.3. The summed E-state index contributed by atoms with van der Waals surface area (Å²) in [6.07, 6.45) is 0. The summed E-state index contributed by atoms with van der Waals surface area (Å²) in [5.74, 6) is 1.25. The lowest BCUT2D eigenvalue weighted by Gasteiger charge is -2.36. The van der Waals surface area contributed by atoms with Crippen LogP contribution in [-0.2, 0) is 16.1 Å². The number of halogens is 1. The van der Waals surface area contributed by atoms with Gasteiger partial charge in [-0.3, -0.25) is 9.59 Å². The van der Waals surface area contributed by atoms with Crippen LogP contribution in [0.3, 0.4) is 0 Å². The number of hydrogen-bond acceptors (Lipinski definition) is 7. The summed E-state index contributed by atoms with van der Waals surface area (Å²) < 4.78 is 24.1. The molecule has 0 N–H and O–H groups in total. The Morgan fingerprint density at radius 1 is 0.949 bits per heavy atom. The van der Waals surface area contributed by atoms with Gasteiger partial charge >= 0.3 is 0 Å². The van der Waals surface area contributed by atoms with Crippen LogP contribution >= 0.6 is 0 Å². The molecule has 1 aromatic heterocycles. The van der Waals surface area contributed by atoms with Crippen molar-refractivity contribution < 1.29 is 23.5 Å². The molecule has 1 aliphatic heterocycles. The highest BCUT2D eigenvalue weighted by molar-refractivity contribution is 5.85. The van der Waals surface area contributed by atoms with Crippen molar-refractivity contribution in [1.82, 2.24) is 20.0 Å². The fourth-order valence-corrected chi connectivity index (χ4v) is 4.48. The Morgan fingerprint density at radius 3 is 2.26 bits per heavy atom. The molecule has 3 aromatic rings. The predicted molar refractivity (Wildman–Crippen MR) is 146 cm³/mol. The third-order valence-corrected chi connectivity index (χ3v) is 6.71. The van der Waals surface area contributed by atoms with E-state index in [0.29, 0.717) is 43.4 Å². The van der Waals surface area contributed by atoms with Crippen LogP contribution in [0.15, 0.2) is 54.6 Å². The number of carbonyl (C=O) groups is 2. The molecule has 0 spiro atoms. The lowest BCUT2D eigenvalue weighted by Crippen LogP contribution is -2.52. The minimum Gasteiger partial charge on any atom is -0.497 e. The molecule has 4 rings (SSSR count). The molecule has 2 amide bonds. The average Bonchev–Trinajstić information content (AvgIpc) is 2.97. The molecule has 2 aromatic carbocycles. The van der Waals surface area contributed by atoms with Crippen molar-refractivity contribution in [1.29, 1.82) is 0 Å². The summed E-state index contributed by atoms with van der Waals surface area (Å²) in [7, 11) is 3.20. The summed E-state index contributed by atoms with van der Waals surface area (Å²) >= 11 is 0. The molecule has 2 heterocycles. The number of ether oxygens (including phenoxy) is 2. The minimum atomic E-state index is -0.339. The van der Waals surface area contributed by atoms with Crippen LogP contribution in [0.25, 0.3) is 11.3 Å². The molecule has 0 aliphatic carbocycles. The normalized spacial score (nSPS) is 13.4. The van der Waals surface area contributed by atoms with Crippen LogP contribution in [-0.4, -0.2) is 78.8 Å². The van der Waals surface area contributed by atoms with Gasteiger partial charge in [0.05, 0.1) is 19.9 Å². The van der Waals surface area contributed by atoms with E-state index in [1.807, 2.05) is 24.3 Å². The second-order valence-electron chi connectivity index (χ2n) is 9.69. The smallest absolute Gasteiger partial charge is 0.242 e. The zero-order valence-corrected chi connectivity index (χ0v) is 22.8. The Morgan fingerprint density at radius 2 is 1.67 bits per heavy atom. The van der Waals surface area contributed by atoms with Gasteiger partial charge in [0.1, 0.15) is 23.9 Å². The summed E-state index contributed by atoms with van der Waals surface area (Å²) in [5, 5.41) is 8.82.